The van der Waals surface area contributed by atoms with Gasteiger partial charge in [0.2, 0.25) is 0 Å². The van der Waals surface area contributed by atoms with Crippen LogP contribution in [0, 0.1) is 5.92 Å². The Morgan fingerprint density at radius 2 is 1.87 bits per heavy atom. The number of rotatable bonds is 8. The number of aliphatic imine (C=N–C) groups is 1. The van der Waals surface area contributed by atoms with Crippen LogP contribution in [0.4, 0.5) is 4.79 Å². The van der Waals surface area contributed by atoms with Gasteiger partial charge in [-0.15, -0.1) is 24.0 Å². The zero-order valence-corrected chi connectivity index (χ0v) is 21.7. The highest BCUT2D eigenvalue weighted by atomic mass is 127. The SMILES string of the molecule is CN=C(NCc1ccc(OC)cc1OC)NCC(C)CN(C)C(=O)OC(C)(C)C.I. The van der Waals surface area contributed by atoms with E-state index in [1.807, 2.05) is 39.0 Å². The molecule has 0 saturated heterocycles. The molecule has 0 aliphatic heterocycles. The second-order valence-electron chi connectivity index (χ2n) is 7.95. The monoisotopic (exact) mass is 536 g/mol. The lowest BCUT2D eigenvalue weighted by Gasteiger charge is -2.26. The standard InChI is InChI=1S/C21H36N4O4.HI/c1-15(14-25(6)20(26)29-21(2,3)4)12-23-19(22-5)24-13-16-9-10-17(27-7)11-18(16)28-8;/h9-11,15H,12-14H2,1-8H3,(H2,22,23,24);1H. The van der Waals surface area contributed by atoms with Gasteiger partial charge in [0.1, 0.15) is 17.1 Å². The van der Waals surface area contributed by atoms with Gasteiger partial charge in [0.15, 0.2) is 5.96 Å². The summed E-state index contributed by atoms with van der Waals surface area (Å²) in [5.74, 6) is 2.38. The van der Waals surface area contributed by atoms with Crippen molar-refractivity contribution >= 4 is 36.0 Å². The van der Waals surface area contributed by atoms with Crippen molar-refractivity contribution in [1.82, 2.24) is 15.5 Å². The number of carbonyl (C=O) groups is 1. The molecule has 8 nitrogen and oxygen atoms in total. The van der Waals surface area contributed by atoms with Gasteiger partial charge in [-0.2, -0.15) is 0 Å². The zero-order chi connectivity index (χ0) is 22.0. The molecule has 172 valence electrons. The van der Waals surface area contributed by atoms with Crippen molar-refractivity contribution in [2.24, 2.45) is 10.9 Å². The number of ether oxygens (including phenoxy) is 3. The van der Waals surface area contributed by atoms with Crippen LogP contribution in [0.3, 0.4) is 0 Å². The Labute approximate surface area is 197 Å². The van der Waals surface area contributed by atoms with Crippen LogP contribution in [0.25, 0.3) is 0 Å². The molecule has 0 saturated carbocycles. The smallest absolute Gasteiger partial charge is 0.410 e. The van der Waals surface area contributed by atoms with Gasteiger partial charge in [0.25, 0.3) is 0 Å². The second kappa shape index (κ2) is 13.4. The van der Waals surface area contributed by atoms with Gasteiger partial charge >= 0.3 is 6.09 Å². The molecule has 1 rings (SSSR count). The maximum Gasteiger partial charge on any atom is 0.410 e. The number of hydrogen-bond donors (Lipinski definition) is 2. The number of hydrogen-bond acceptors (Lipinski definition) is 5. The van der Waals surface area contributed by atoms with E-state index in [4.69, 9.17) is 14.2 Å². The van der Waals surface area contributed by atoms with E-state index in [1.165, 1.54) is 0 Å². The lowest BCUT2D eigenvalue weighted by molar-refractivity contribution is 0.0278. The van der Waals surface area contributed by atoms with Crippen molar-refractivity contribution in [3.05, 3.63) is 23.8 Å². The number of nitrogens with zero attached hydrogens (tertiary/aromatic N) is 2. The van der Waals surface area contributed by atoms with Crippen LogP contribution < -0.4 is 20.1 Å². The third-order valence-electron chi connectivity index (χ3n) is 4.07. The summed E-state index contributed by atoms with van der Waals surface area (Å²) in [7, 11) is 6.72. The minimum Gasteiger partial charge on any atom is -0.497 e. The Hall–Kier alpha value is -1.91. The van der Waals surface area contributed by atoms with E-state index in [9.17, 15) is 4.79 Å². The molecule has 1 atom stereocenters. The highest BCUT2D eigenvalue weighted by molar-refractivity contribution is 14.0. The third-order valence-corrected chi connectivity index (χ3v) is 4.07. The largest absolute Gasteiger partial charge is 0.497 e. The van der Waals surface area contributed by atoms with Gasteiger partial charge in [0.05, 0.1) is 14.2 Å². The van der Waals surface area contributed by atoms with E-state index < -0.39 is 5.60 Å². The molecule has 1 aromatic rings. The van der Waals surface area contributed by atoms with Crippen molar-refractivity contribution < 1.29 is 19.0 Å². The van der Waals surface area contributed by atoms with Crippen molar-refractivity contribution in [3.63, 3.8) is 0 Å². The van der Waals surface area contributed by atoms with E-state index in [0.717, 1.165) is 17.1 Å². The maximum absolute atomic E-state index is 12.1. The molecule has 0 aliphatic carbocycles. The number of methoxy groups -OCH3 is 2. The maximum atomic E-state index is 12.1. The van der Waals surface area contributed by atoms with Gasteiger partial charge in [-0.25, -0.2) is 4.79 Å². The zero-order valence-electron chi connectivity index (χ0n) is 19.4. The van der Waals surface area contributed by atoms with Gasteiger partial charge in [-0.3, -0.25) is 4.99 Å². The van der Waals surface area contributed by atoms with Crippen LogP contribution >= 0.6 is 24.0 Å². The van der Waals surface area contributed by atoms with Crippen LogP contribution in [0.15, 0.2) is 23.2 Å². The average molecular weight is 536 g/mol. The number of amides is 1. The van der Waals surface area contributed by atoms with Crippen LogP contribution in [0.5, 0.6) is 11.5 Å². The quantitative estimate of drug-likeness (QED) is 0.301. The van der Waals surface area contributed by atoms with Crippen molar-refractivity contribution in [2.45, 2.75) is 39.8 Å². The van der Waals surface area contributed by atoms with Crippen LogP contribution in [0.2, 0.25) is 0 Å². The van der Waals surface area contributed by atoms with E-state index in [1.54, 1.807) is 33.2 Å². The van der Waals surface area contributed by atoms with Crippen molar-refractivity contribution in [2.75, 3.05) is 41.4 Å². The third kappa shape index (κ3) is 10.2. The normalized spacial score (nSPS) is 12.3. The topological polar surface area (TPSA) is 84.4 Å². The Morgan fingerprint density at radius 3 is 2.40 bits per heavy atom. The fourth-order valence-corrected chi connectivity index (χ4v) is 2.61. The number of carbonyl (C=O) groups excluding carboxylic acids is 1. The molecular formula is C21H37IN4O4. The highest BCUT2D eigenvalue weighted by Crippen LogP contribution is 2.24. The highest BCUT2D eigenvalue weighted by Gasteiger charge is 2.20. The molecule has 30 heavy (non-hydrogen) atoms. The molecule has 0 fully saturated rings. The van der Waals surface area contributed by atoms with E-state index >= 15 is 0 Å². The lowest BCUT2D eigenvalue weighted by atomic mass is 10.1. The summed E-state index contributed by atoms with van der Waals surface area (Å²) in [4.78, 5) is 17.9. The predicted molar refractivity (Wildman–Crippen MR) is 131 cm³/mol. The molecule has 1 amide bonds. The molecule has 0 aromatic heterocycles. The fraction of sp³-hybridized carbons (Fsp3) is 0.619. The van der Waals surface area contributed by atoms with Crippen molar-refractivity contribution in [1.29, 1.82) is 0 Å². The van der Waals surface area contributed by atoms with Gasteiger partial charge in [-0.05, 0) is 38.8 Å². The number of benzene rings is 1. The minimum absolute atomic E-state index is 0. The predicted octanol–water partition coefficient (Wildman–Crippen LogP) is 3.49. The summed E-state index contributed by atoms with van der Waals surface area (Å²) < 4.78 is 16.0. The Bertz CT molecular complexity index is 692. The number of guanidine groups is 1. The Kier molecular flexibility index (Phi) is 12.6. The molecular weight excluding hydrogens is 499 g/mol. The van der Waals surface area contributed by atoms with E-state index in [2.05, 4.69) is 22.5 Å². The molecule has 0 bridgehead atoms. The molecule has 1 unspecified atom stereocenters. The second-order valence-corrected chi connectivity index (χ2v) is 7.95. The number of halogens is 1. The van der Waals surface area contributed by atoms with Crippen LogP contribution in [-0.2, 0) is 11.3 Å². The van der Waals surface area contributed by atoms with Crippen molar-refractivity contribution in [3.8, 4) is 11.5 Å². The fourth-order valence-electron chi connectivity index (χ4n) is 2.61. The first-order chi connectivity index (χ1) is 13.6. The Balaban J connectivity index is 0.00000841. The summed E-state index contributed by atoms with van der Waals surface area (Å²) in [6, 6.07) is 5.70. The molecule has 0 radical (unpaired) electrons. The summed E-state index contributed by atoms with van der Waals surface area (Å²) in [5, 5.41) is 6.56. The van der Waals surface area contributed by atoms with Crippen LogP contribution in [0.1, 0.15) is 33.3 Å². The lowest BCUT2D eigenvalue weighted by Crippen LogP contribution is -2.42. The molecule has 0 heterocycles. The van der Waals surface area contributed by atoms with Crippen LogP contribution in [-0.4, -0.2) is 64.0 Å². The molecule has 2 N–H and O–H groups in total. The first kappa shape index (κ1) is 28.1. The molecule has 1 aromatic carbocycles. The molecule has 0 spiro atoms. The first-order valence-electron chi connectivity index (χ1n) is 9.69. The van der Waals surface area contributed by atoms with Gasteiger partial charge in [-0.1, -0.05) is 6.92 Å². The number of nitrogens with one attached hydrogen (secondary N) is 2. The summed E-state index contributed by atoms with van der Waals surface area (Å²) in [6.45, 7) is 9.43. The first-order valence-corrected chi connectivity index (χ1v) is 9.69. The van der Waals surface area contributed by atoms with E-state index in [-0.39, 0.29) is 36.0 Å². The average Bonchev–Trinajstić information content (AvgIpc) is 2.66. The summed E-state index contributed by atoms with van der Waals surface area (Å²) >= 11 is 0. The summed E-state index contributed by atoms with van der Waals surface area (Å²) in [6.07, 6.45) is -0.321. The Morgan fingerprint density at radius 1 is 1.20 bits per heavy atom. The molecule has 0 aliphatic rings. The minimum atomic E-state index is -0.499. The molecule has 9 heteroatoms. The van der Waals surface area contributed by atoms with Gasteiger partial charge < -0.3 is 29.7 Å². The van der Waals surface area contributed by atoms with E-state index in [0.29, 0.717) is 25.6 Å². The summed E-state index contributed by atoms with van der Waals surface area (Å²) in [5.41, 5.74) is 0.496. The van der Waals surface area contributed by atoms with Gasteiger partial charge in [0, 0.05) is 45.4 Å².